The lowest BCUT2D eigenvalue weighted by Crippen LogP contribution is -2.18. The van der Waals surface area contributed by atoms with E-state index in [-0.39, 0.29) is 6.29 Å². The fraction of sp³-hybridized carbons (Fsp3) is 0.250. The molecule has 0 aromatic carbocycles. The zero-order valence-corrected chi connectivity index (χ0v) is 4.96. The van der Waals surface area contributed by atoms with Gasteiger partial charge in [0.15, 0.2) is 12.1 Å². The Morgan fingerprint density at radius 2 is 1.44 bits per heavy atom. The molecule has 0 fully saturated rings. The first-order valence-electron chi connectivity index (χ1n) is 2.01. The summed E-state index contributed by atoms with van der Waals surface area (Å²) in [5, 5.41) is 0. The summed E-state index contributed by atoms with van der Waals surface area (Å²) in [6, 6.07) is -0.833. The predicted molar refractivity (Wildman–Crippen MR) is 30.5 cm³/mol. The first kappa shape index (κ1) is 10.6. The summed E-state index contributed by atoms with van der Waals surface area (Å²) in [6.45, 7) is 1.22. The number of amides is 2. The molecule has 0 unspecified atom stereocenters. The van der Waals surface area contributed by atoms with Crippen molar-refractivity contribution in [2.45, 2.75) is 6.92 Å². The van der Waals surface area contributed by atoms with E-state index in [0.29, 0.717) is 0 Å². The average Bonchev–Trinajstić information content (AvgIpc) is 1.65. The number of hydrogen-bond acceptors (Lipinski definition) is 3. The summed E-state index contributed by atoms with van der Waals surface area (Å²) in [5.41, 5.74) is 8.50. The number of aldehydes is 1. The Balaban J connectivity index is 0. The Kier molecular flexibility index (Phi) is 7.76. The molecule has 0 aromatic rings. The highest BCUT2D eigenvalue weighted by Gasteiger charge is 1.76. The number of carbonyl (C=O) groups is 3. The second-order valence-electron chi connectivity index (χ2n) is 1.13. The van der Waals surface area contributed by atoms with Crippen LogP contribution in [0.15, 0.2) is 0 Å². The molecule has 0 saturated heterocycles. The van der Waals surface area contributed by atoms with Crippen molar-refractivity contribution in [3.05, 3.63) is 0 Å². The Bertz CT molecular complexity index is 117. The minimum atomic E-state index is -0.833. The van der Waals surface area contributed by atoms with Crippen molar-refractivity contribution < 1.29 is 14.4 Å². The van der Waals surface area contributed by atoms with Crippen LogP contribution in [0.3, 0.4) is 0 Å². The number of urea groups is 1. The van der Waals surface area contributed by atoms with Gasteiger partial charge in [-0.3, -0.25) is 9.59 Å². The molecule has 4 N–H and O–H groups in total. The highest BCUT2D eigenvalue weighted by molar-refractivity contribution is 6.23. The van der Waals surface area contributed by atoms with Gasteiger partial charge in [0, 0.05) is 6.92 Å². The van der Waals surface area contributed by atoms with Crippen LogP contribution in [0.2, 0.25) is 0 Å². The van der Waals surface area contributed by atoms with E-state index < -0.39 is 11.8 Å². The van der Waals surface area contributed by atoms with E-state index in [0.717, 1.165) is 0 Å². The molecule has 0 radical (unpaired) electrons. The number of rotatable bonds is 1. The maximum absolute atomic E-state index is 9.44. The molecule has 9 heavy (non-hydrogen) atoms. The molecule has 0 aliphatic carbocycles. The molecule has 0 bridgehead atoms. The SMILES string of the molecule is CC(=O)C=O.NC(N)=O. The molecule has 5 nitrogen and oxygen atoms in total. The number of carbonyl (C=O) groups excluding carboxylic acids is 3. The van der Waals surface area contributed by atoms with Crippen molar-refractivity contribution in [1.82, 2.24) is 0 Å². The van der Waals surface area contributed by atoms with Gasteiger partial charge in [-0.15, -0.1) is 0 Å². The van der Waals surface area contributed by atoms with E-state index >= 15 is 0 Å². The van der Waals surface area contributed by atoms with Gasteiger partial charge in [0.1, 0.15) is 0 Å². The highest BCUT2D eigenvalue weighted by Crippen LogP contribution is 1.48. The number of nitrogens with two attached hydrogens (primary N) is 2. The smallest absolute Gasteiger partial charge is 0.309 e. The first-order valence-corrected chi connectivity index (χ1v) is 2.01. The Labute approximate surface area is 52.0 Å². The van der Waals surface area contributed by atoms with E-state index in [2.05, 4.69) is 11.5 Å². The third-order valence-corrected chi connectivity index (χ3v) is 0.166. The van der Waals surface area contributed by atoms with E-state index in [1.165, 1.54) is 6.92 Å². The van der Waals surface area contributed by atoms with E-state index in [1.54, 1.807) is 0 Å². The lowest BCUT2D eigenvalue weighted by Gasteiger charge is -1.62. The van der Waals surface area contributed by atoms with Crippen LogP contribution < -0.4 is 11.5 Å². The van der Waals surface area contributed by atoms with E-state index in [9.17, 15) is 4.79 Å². The van der Waals surface area contributed by atoms with Gasteiger partial charge in [0.25, 0.3) is 0 Å². The Morgan fingerprint density at radius 3 is 1.44 bits per heavy atom. The topological polar surface area (TPSA) is 103 Å². The fourth-order valence-corrected chi connectivity index (χ4v) is 0. The van der Waals surface area contributed by atoms with Gasteiger partial charge in [-0.05, 0) is 0 Å². The number of Topliss-reactive ketones (excluding diaryl/α,β-unsaturated/α-hetero) is 1. The van der Waals surface area contributed by atoms with Crippen molar-refractivity contribution in [2.24, 2.45) is 11.5 Å². The van der Waals surface area contributed by atoms with E-state index in [1.807, 2.05) is 0 Å². The second-order valence-corrected chi connectivity index (χ2v) is 1.13. The number of primary amides is 2. The van der Waals surface area contributed by atoms with Crippen molar-refractivity contribution in [3.63, 3.8) is 0 Å². The van der Waals surface area contributed by atoms with Crippen LogP contribution in [-0.2, 0) is 9.59 Å². The molecular formula is C4H8N2O3. The van der Waals surface area contributed by atoms with Gasteiger partial charge < -0.3 is 11.5 Å². The quantitative estimate of drug-likeness (QED) is 0.346. The minimum absolute atomic E-state index is 0.278. The summed E-state index contributed by atoms with van der Waals surface area (Å²) < 4.78 is 0. The molecule has 0 aromatic heterocycles. The molecule has 52 valence electrons. The fourth-order valence-electron chi connectivity index (χ4n) is 0. The molecular weight excluding hydrogens is 124 g/mol. The van der Waals surface area contributed by atoms with Crippen LogP contribution in [0.5, 0.6) is 0 Å². The van der Waals surface area contributed by atoms with Crippen molar-refractivity contribution in [1.29, 1.82) is 0 Å². The van der Waals surface area contributed by atoms with Crippen molar-refractivity contribution >= 4 is 18.1 Å². The minimum Gasteiger partial charge on any atom is -0.352 e. The Hall–Kier alpha value is -1.39. The summed E-state index contributed by atoms with van der Waals surface area (Å²) in [5.74, 6) is -0.426. The lowest BCUT2D eigenvalue weighted by atomic mass is 10.5. The zero-order chi connectivity index (χ0) is 7.86. The number of ketones is 1. The van der Waals surface area contributed by atoms with Crippen LogP contribution in [0, 0.1) is 0 Å². The van der Waals surface area contributed by atoms with Gasteiger partial charge in [-0.2, -0.15) is 0 Å². The molecule has 0 aliphatic rings. The molecule has 0 aliphatic heterocycles. The standard InChI is InChI=1S/C3H4O2.CH4N2O/c1-3(5)2-4;2-1(3)4/h2H,1H3;(H4,2,3,4). The summed E-state index contributed by atoms with van der Waals surface area (Å²) in [4.78, 5) is 27.6. The largest absolute Gasteiger partial charge is 0.352 e. The van der Waals surface area contributed by atoms with Gasteiger partial charge in [0.2, 0.25) is 0 Å². The van der Waals surface area contributed by atoms with Crippen molar-refractivity contribution in [2.75, 3.05) is 0 Å². The summed E-state index contributed by atoms with van der Waals surface area (Å²) in [7, 11) is 0. The Morgan fingerprint density at radius 1 is 1.33 bits per heavy atom. The first-order chi connectivity index (χ1) is 4.00. The molecule has 0 saturated carbocycles. The van der Waals surface area contributed by atoms with Crippen LogP contribution >= 0.6 is 0 Å². The second kappa shape index (κ2) is 6.61. The maximum Gasteiger partial charge on any atom is 0.309 e. The summed E-state index contributed by atoms with van der Waals surface area (Å²) >= 11 is 0. The van der Waals surface area contributed by atoms with Crippen LogP contribution in [0.1, 0.15) is 6.92 Å². The van der Waals surface area contributed by atoms with Crippen LogP contribution in [-0.4, -0.2) is 18.1 Å². The average molecular weight is 132 g/mol. The third-order valence-electron chi connectivity index (χ3n) is 0.166. The third kappa shape index (κ3) is 378. The number of hydrogen-bond donors (Lipinski definition) is 2. The van der Waals surface area contributed by atoms with Gasteiger partial charge in [0.05, 0.1) is 0 Å². The molecule has 0 heterocycles. The maximum atomic E-state index is 9.44. The van der Waals surface area contributed by atoms with Crippen molar-refractivity contribution in [3.8, 4) is 0 Å². The summed E-state index contributed by atoms with van der Waals surface area (Å²) in [6.07, 6.45) is 0.278. The monoisotopic (exact) mass is 132 g/mol. The van der Waals surface area contributed by atoms with Gasteiger partial charge in [-0.25, -0.2) is 4.79 Å². The van der Waals surface area contributed by atoms with E-state index in [4.69, 9.17) is 9.59 Å². The highest BCUT2D eigenvalue weighted by atomic mass is 16.2. The zero-order valence-electron chi connectivity index (χ0n) is 4.96. The molecule has 0 spiro atoms. The lowest BCUT2D eigenvalue weighted by molar-refractivity contribution is -0.128. The molecule has 5 heteroatoms. The van der Waals surface area contributed by atoms with Gasteiger partial charge in [-0.1, -0.05) is 0 Å². The van der Waals surface area contributed by atoms with Crippen LogP contribution in [0.4, 0.5) is 4.79 Å². The van der Waals surface area contributed by atoms with Gasteiger partial charge >= 0.3 is 6.03 Å². The predicted octanol–water partition coefficient (Wildman–Crippen LogP) is -1.20. The normalized spacial score (nSPS) is 6.33. The molecule has 0 atom stereocenters. The van der Waals surface area contributed by atoms with Crippen LogP contribution in [0.25, 0.3) is 0 Å². The molecule has 0 rings (SSSR count). The molecule has 2 amide bonds.